The Morgan fingerprint density at radius 2 is 1.78 bits per heavy atom. The van der Waals surface area contributed by atoms with Crippen LogP contribution in [0.3, 0.4) is 0 Å². The zero-order valence-electron chi connectivity index (χ0n) is 15.6. The Balaban J connectivity index is 2.71. The summed E-state index contributed by atoms with van der Waals surface area (Å²) in [5.74, 6) is 0.420. The maximum Gasteiger partial charge on any atom is 0.213 e. The Morgan fingerprint density at radius 1 is 1.09 bits per heavy atom. The fourth-order valence-corrected chi connectivity index (χ4v) is 2.55. The SMILES string of the molecule is CCCCC/C=C/C(C)C(C)(OCC)Oc1ccc(CC)cc1. The first-order chi connectivity index (χ1) is 11.1. The average Bonchev–Trinajstić information content (AvgIpc) is 2.55. The second kappa shape index (κ2) is 10.5. The number of benzene rings is 1. The van der Waals surface area contributed by atoms with Crippen LogP contribution in [0.2, 0.25) is 0 Å². The minimum absolute atomic E-state index is 0.190. The lowest BCUT2D eigenvalue weighted by Gasteiger charge is -2.34. The van der Waals surface area contributed by atoms with Crippen molar-refractivity contribution in [2.45, 2.75) is 72.5 Å². The molecular formula is C21H34O2. The maximum atomic E-state index is 6.21. The number of hydrogen-bond donors (Lipinski definition) is 0. The van der Waals surface area contributed by atoms with Crippen molar-refractivity contribution in [3.8, 4) is 5.75 Å². The highest BCUT2D eigenvalue weighted by Gasteiger charge is 2.32. The maximum absolute atomic E-state index is 6.21. The zero-order chi connectivity index (χ0) is 17.1. The molecule has 0 amide bonds. The Kier molecular flexibility index (Phi) is 9.01. The number of unbranched alkanes of at least 4 members (excludes halogenated alkanes) is 3. The van der Waals surface area contributed by atoms with Crippen LogP contribution in [0.25, 0.3) is 0 Å². The smallest absolute Gasteiger partial charge is 0.213 e. The molecule has 0 aliphatic carbocycles. The van der Waals surface area contributed by atoms with E-state index in [1.54, 1.807) is 0 Å². The van der Waals surface area contributed by atoms with E-state index in [1.807, 2.05) is 26.0 Å². The minimum atomic E-state index is -0.635. The molecule has 130 valence electrons. The molecule has 0 aliphatic rings. The number of ether oxygens (including phenoxy) is 2. The molecule has 0 N–H and O–H groups in total. The molecule has 0 spiro atoms. The van der Waals surface area contributed by atoms with Gasteiger partial charge < -0.3 is 9.47 Å². The molecule has 0 saturated heterocycles. The van der Waals surface area contributed by atoms with Crippen molar-refractivity contribution >= 4 is 0 Å². The van der Waals surface area contributed by atoms with E-state index >= 15 is 0 Å². The summed E-state index contributed by atoms with van der Waals surface area (Å²) in [6, 6.07) is 8.31. The van der Waals surface area contributed by atoms with Crippen LogP contribution in [-0.4, -0.2) is 12.4 Å². The van der Waals surface area contributed by atoms with Crippen LogP contribution in [0.4, 0.5) is 0 Å². The first-order valence-electron chi connectivity index (χ1n) is 9.14. The van der Waals surface area contributed by atoms with Gasteiger partial charge in [0.25, 0.3) is 0 Å². The molecule has 0 bridgehead atoms. The van der Waals surface area contributed by atoms with Gasteiger partial charge in [-0.1, -0.05) is 57.9 Å². The lowest BCUT2D eigenvalue weighted by atomic mass is 10.0. The molecule has 2 heteroatoms. The molecular weight excluding hydrogens is 284 g/mol. The third-order valence-corrected chi connectivity index (χ3v) is 4.31. The van der Waals surface area contributed by atoms with E-state index < -0.39 is 5.79 Å². The summed E-state index contributed by atoms with van der Waals surface area (Å²) in [4.78, 5) is 0. The molecule has 0 aliphatic heterocycles. The number of rotatable bonds is 11. The predicted molar refractivity (Wildman–Crippen MR) is 98.9 cm³/mol. The van der Waals surface area contributed by atoms with Gasteiger partial charge in [0.1, 0.15) is 5.75 Å². The van der Waals surface area contributed by atoms with Crippen LogP contribution in [0.15, 0.2) is 36.4 Å². The summed E-state index contributed by atoms with van der Waals surface area (Å²) in [6.07, 6.45) is 10.5. The van der Waals surface area contributed by atoms with Gasteiger partial charge in [0.15, 0.2) is 0 Å². The van der Waals surface area contributed by atoms with Crippen LogP contribution in [0, 0.1) is 5.92 Å². The predicted octanol–water partition coefficient (Wildman–Crippen LogP) is 6.15. The fraction of sp³-hybridized carbons (Fsp3) is 0.619. The molecule has 2 nitrogen and oxygen atoms in total. The van der Waals surface area contributed by atoms with Crippen LogP contribution in [-0.2, 0) is 11.2 Å². The van der Waals surface area contributed by atoms with Gasteiger partial charge in [0.05, 0.1) is 0 Å². The van der Waals surface area contributed by atoms with E-state index in [9.17, 15) is 0 Å². The van der Waals surface area contributed by atoms with Gasteiger partial charge in [-0.2, -0.15) is 0 Å². The minimum Gasteiger partial charge on any atom is -0.462 e. The first kappa shape index (κ1) is 19.8. The topological polar surface area (TPSA) is 18.5 Å². The summed E-state index contributed by atoms with van der Waals surface area (Å²) in [5.41, 5.74) is 1.32. The summed E-state index contributed by atoms with van der Waals surface area (Å²) >= 11 is 0. The van der Waals surface area contributed by atoms with E-state index in [0.717, 1.165) is 18.6 Å². The Morgan fingerprint density at radius 3 is 2.35 bits per heavy atom. The molecule has 0 fully saturated rings. The van der Waals surface area contributed by atoms with Crippen LogP contribution < -0.4 is 4.74 Å². The van der Waals surface area contributed by atoms with Crippen molar-refractivity contribution < 1.29 is 9.47 Å². The third-order valence-electron chi connectivity index (χ3n) is 4.31. The van der Waals surface area contributed by atoms with Crippen molar-refractivity contribution in [3.05, 3.63) is 42.0 Å². The summed E-state index contributed by atoms with van der Waals surface area (Å²) in [6.45, 7) is 11.2. The normalized spacial score (nSPS) is 15.5. The molecule has 1 rings (SSSR count). The second-order valence-electron chi connectivity index (χ2n) is 6.26. The molecule has 2 atom stereocenters. The quantitative estimate of drug-likeness (QED) is 0.276. The molecule has 23 heavy (non-hydrogen) atoms. The zero-order valence-corrected chi connectivity index (χ0v) is 15.6. The number of aryl methyl sites for hydroxylation is 1. The van der Waals surface area contributed by atoms with Crippen molar-refractivity contribution in [1.82, 2.24) is 0 Å². The summed E-state index contributed by atoms with van der Waals surface area (Å²) in [5, 5.41) is 0. The highest BCUT2D eigenvalue weighted by molar-refractivity contribution is 5.27. The van der Waals surface area contributed by atoms with Gasteiger partial charge in [-0.15, -0.1) is 0 Å². The van der Waals surface area contributed by atoms with Crippen LogP contribution in [0.1, 0.15) is 65.9 Å². The van der Waals surface area contributed by atoms with Gasteiger partial charge in [-0.25, -0.2) is 0 Å². The summed E-state index contributed by atoms with van der Waals surface area (Å²) in [7, 11) is 0. The van der Waals surface area contributed by atoms with E-state index in [2.05, 4.69) is 45.1 Å². The first-order valence-corrected chi connectivity index (χ1v) is 9.14. The largest absolute Gasteiger partial charge is 0.462 e. The molecule has 1 aromatic rings. The van der Waals surface area contributed by atoms with Gasteiger partial charge in [0.2, 0.25) is 5.79 Å². The number of allylic oxidation sites excluding steroid dienone is 1. The monoisotopic (exact) mass is 318 g/mol. The third kappa shape index (κ3) is 6.78. The van der Waals surface area contributed by atoms with Crippen molar-refractivity contribution in [1.29, 1.82) is 0 Å². The molecule has 0 heterocycles. The van der Waals surface area contributed by atoms with Gasteiger partial charge >= 0.3 is 0 Å². The van der Waals surface area contributed by atoms with Crippen LogP contribution >= 0.6 is 0 Å². The summed E-state index contributed by atoms with van der Waals surface area (Å²) < 4.78 is 12.2. The lowest BCUT2D eigenvalue weighted by molar-refractivity contribution is -0.188. The Hall–Kier alpha value is -1.28. The lowest BCUT2D eigenvalue weighted by Crippen LogP contribution is -2.41. The van der Waals surface area contributed by atoms with Gasteiger partial charge in [-0.3, -0.25) is 0 Å². The Bertz CT molecular complexity index is 449. The molecule has 0 radical (unpaired) electrons. The molecule has 0 aromatic heterocycles. The highest BCUT2D eigenvalue weighted by Crippen LogP contribution is 2.28. The molecule has 0 saturated carbocycles. The standard InChI is InChI=1S/C21H34O2/c1-6-9-10-11-12-13-18(4)21(5,22-8-3)23-20-16-14-19(7-2)15-17-20/h12-18H,6-11H2,1-5H3/b13-12+. The Labute approximate surface area is 142 Å². The fourth-order valence-electron chi connectivity index (χ4n) is 2.55. The van der Waals surface area contributed by atoms with Gasteiger partial charge in [-0.05, 0) is 43.9 Å². The van der Waals surface area contributed by atoms with Crippen molar-refractivity contribution in [2.24, 2.45) is 5.92 Å². The second-order valence-corrected chi connectivity index (χ2v) is 6.26. The molecule has 1 aromatic carbocycles. The molecule has 2 unspecified atom stereocenters. The van der Waals surface area contributed by atoms with Crippen molar-refractivity contribution in [3.63, 3.8) is 0 Å². The van der Waals surface area contributed by atoms with Crippen molar-refractivity contribution in [2.75, 3.05) is 6.61 Å². The van der Waals surface area contributed by atoms with E-state index in [4.69, 9.17) is 9.47 Å². The van der Waals surface area contributed by atoms with E-state index in [0.29, 0.717) is 6.61 Å². The van der Waals surface area contributed by atoms with E-state index in [1.165, 1.54) is 24.8 Å². The number of hydrogen-bond acceptors (Lipinski definition) is 2. The van der Waals surface area contributed by atoms with Crippen LogP contribution in [0.5, 0.6) is 5.75 Å². The van der Waals surface area contributed by atoms with E-state index in [-0.39, 0.29) is 5.92 Å². The average molecular weight is 319 g/mol. The van der Waals surface area contributed by atoms with Gasteiger partial charge in [0, 0.05) is 19.4 Å². The highest BCUT2D eigenvalue weighted by atomic mass is 16.7.